The summed E-state index contributed by atoms with van der Waals surface area (Å²) in [4.78, 5) is 0. The lowest BCUT2D eigenvalue weighted by Crippen LogP contribution is -2.32. The average molecular weight is 258 g/mol. The zero-order valence-electron chi connectivity index (χ0n) is 10.8. The van der Waals surface area contributed by atoms with Gasteiger partial charge in [0.15, 0.2) is 0 Å². The van der Waals surface area contributed by atoms with Crippen LogP contribution in [0.25, 0.3) is 0 Å². The molecule has 0 bridgehead atoms. The third-order valence-corrected chi connectivity index (χ3v) is 3.59. The minimum atomic E-state index is -0.586. The fraction of sp³-hybridized carbons (Fsp3) is 0.467. The second-order valence-corrected chi connectivity index (χ2v) is 5.03. The van der Waals surface area contributed by atoms with E-state index >= 15 is 0 Å². The van der Waals surface area contributed by atoms with E-state index in [0.717, 1.165) is 19.3 Å². The van der Waals surface area contributed by atoms with Gasteiger partial charge in [0.2, 0.25) is 0 Å². The van der Waals surface area contributed by atoms with Crippen LogP contribution in [0.2, 0.25) is 0 Å². The molecule has 0 saturated heterocycles. The van der Waals surface area contributed by atoms with Crippen molar-refractivity contribution in [1.82, 2.24) is 0 Å². The second-order valence-electron chi connectivity index (χ2n) is 5.03. The fourth-order valence-electron chi connectivity index (χ4n) is 2.48. The molecule has 4 heteroatoms. The van der Waals surface area contributed by atoms with Gasteiger partial charge < -0.3 is 4.74 Å². The van der Waals surface area contributed by atoms with Crippen LogP contribution in [-0.2, 0) is 0 Å². The molecule has 1 fully saturated rings. The summed E-state index contributed by atoms with van der Waals surface area (Å²) in [6.07, 6.45) is 2.30. The largest absolute Gasteiger partial charge is 0.488 e. The molecule has 0 spiro atoms. The van der Waals surface area contributed by atoms with Gasteiger partial charge in [-0.2, -0.15) is 10.5 Å². The Bertz CT molecular complexity index is 544. The Hall–Kier alpha value is -2.07. The molecule has 3 atom stereocenters. The molecule has 1 aromatic carbocycles. The van der Waals surface area contributed by atoms with Crippen molar-refractivity contribution in [2.75, 3.05) is 0 Å². The van der Waals surface area contributed by atoms with Gasteiger partial charge in [0.05, 0.1) is 12.0 Å². The van der Waals surface area contributed by atoms with Crippen molar-refractivity contribution in [1.29, 1.82) is 10.5 Å². The maximum atomic E-state index is 13.5. The summed E-state index contributed by atoms with van der Waals surface area (Å²) in [6.45, 7) is 2.11. The lowest BCUT2D eigenvalue weighted by Gasteiger charge is -2.31. The molecule has 1 aliphatic carbocycles. The van der Waals surface area contributed by atoms with Crippen LogP contribution in [0.1, 0.15) is 31.7 Å². The van der Waals surface area contributed by atoms with Crippen LogP contribution in [-0.4, -0.2) is 6.10 Å². The van der Waals surface area contributed by atoms with Crippen molar-refractivity contribution in [3.05, 3.63) is 29.6 Å². The summed E-state index contributed by atoms with van der Waals surface area (Å²) >= 11 is 0. The van der Waals surface area contributed by atoms with Crippen LogP contribution in [0.15, 0.2) is 18.2 Å². The van der Waals surface area contributed by atoms with E-state index in [1.54, 1.807) is 6.07 Å². The standard InChI is InChI=1S/C15H15FN2O/c1-10-5-6-11(8-17)15(7-10)19-14-4-2-3-13(16)12(14)9-18/h2-4,10-11,15H,5-7H2,1H3. The molecule has 0 heterocycles. The first-order valence-corrected chi connectivity index (χ1v) is 6.40. The first-order valence-electron chi connectivity index (χ1n) is 6.40. The Balaban J connectivity index is 2.23. The Morgan fingerprint density at radius 1 is 1.32 bits per heavy atom. The molecule has 1 aliphatic rings. The van der Waals surface area contributed by atoms with Crippen molar-refractivity contribution in [2.45, 2.75) is 32.3 Å². The lowest BCUT2D eigenvalue weighted by atomic mass is 9.81. The average Bonchev–Trinajstić information content (AvgIpc) is 2.39. The minimum Gasteiger partial charge on any atom is -0.488 e. The van der Waals surface area contributed by atoms with Crippen LogP contribution in [0, 0.1) is 40.3 Å². The zero-order valence-corrected chi connectivity index (χ0v) is 10.8. The van der Waals surface area contributed by atoms with Gasteiger partial charge in [0.25, 0.3) is 0 Å². The summed E-state index contributed by atoms with van der Waals surface area (Å²) in [5.74, 6) is -0.0566. The van der Waals surface area contributed by atoms with Crippen molar-refractivity contribution < 1.29 is 9.13 Å². The fourth-order valence-corrected chi connectivity index (χ4v) is 2.48. The van der Waals surface area contributed by atoms with Gasteiger partial charge in [-0.3, -0.25) is 0 Å². The monoisotopic (exact) mass is 258 g/mol. The predicted molar refractivity (Wildman–Crippen MR) is 67.6 cm³/mol. The van der Waals surface area contributed by atoms with E-state index in [0.29, 0.717) is 5.92 Å². The molecule has 2 rings (SSSR count). The highest BCUT2D eigenvalue weighted by atomic mass is 19.1. The molecule has 0 radical (unpaired) electrons. The van der Waals surface area contributed by atoms with Crippen molar-refractivity contribution in [3.8, 4) is 17.9 Å². The number of halogens is 1. The maximum Gasteiger partial charge on any atom is 0.144 e. The molecule has 1 aromatic rings. The van der Waals surface area contributed by atoms with Crippen molar-refractivity contribution >= 4 is 0 Å². The van der Waals surface area contributed by atoms with E-state index in [4.69, 9.17) is 15.3 Å². The molecule has 1 saturated carbocycles. The maximum absolute atomic E-state index is 13.5. The van der Waals surface area contributed by atoms with E-state index in [-0.39, 0.29) is 23.3 Å². The summed E-state index contributed by atoms with van der Waals surface area (Å²) < 4.78 is 19.2. The van der Waals surface area contributed by atoms with Crippen LogP contribution >= 0.6 is 0 Å². The predicted octanol–water partition coefficient (Wildman–Crippen LogP) is 3.40. The van der Waals surface area contributed by atoms with Crippen molar-refractivity contribution in [2.24, 2.45) is 11.8 Å². The van der Waals surface area contributed by atoms with Crippen LogP contribution < -0.4 is 4.74 Å². The molecule has 98 valence electrons. The van der Waals surface area contributed by atoms with Gasteiger partial charge in [0, 0.05) is 0 Å². The number of nitriles is 2. The summed E-state index contributed by atoms with van der Waals surface area (Å²) in [6, 6.07) is 8.38. The van der Waals surface area contributed by atoms with Crippen molar-refractivity contribution in [3.63, 3.8) is 0 Å². The highest BCUT2D eigenvalue weighted by Gasteiger charge is 2.31. The molecule has 19 heavy (non-hydrogen) atoms. The zero-order chi connectivity index (χ0) is 13.8. The number of hydrogen-bond acceptors (Lipinski definition) is 3. The smallest absolute Gasteiger partial charge is 0.144 e. The van der Waals surface area contributed by atoms with Gasteiger partial charge in [-0.15, -0.1) is 0 Å². The van der Waals surface area contributed by atoms with E-state index in [2.05, 4.69) is 13.0 Å². The highest BCUT2D eigenvalue weighted by molar-refractivity contribution is 5.44. The molecule has 0 aliphatic heterocycles. The van der Waals surface area contributed by atoms with Crippen LogP contribution in [0.5, 0.6) is 5.75 Å². The normalized spacial score (nSPS) is 26.2. The van der Waals surface area contributed by atoms with E-state index in [9.17, 15) is 4.39 Å². The van der Waals surface area contributed by atoms with Gasteiger partial charge in [-0.05, 0) is 37.3 Å². The highest BCUT2D eigenvalue weighted by Crippen LogP contribution is 2.33. The molecular formula is C15H15FN2O. The lowest BCUT2D eigenvalue weighted by molar-refractivity contribution is 0.0950. The Morgan fingerprint density at radius 2 is 2.11 bits per heavy atom. The number of ether oxygens (including phenoxy) is 1. The molecule has 0 amide bonds. The Kier molecular flexibility index (Phi) is 4.02. The SMILES string of the molecule is CC1CCC(C#N)C(Oc2cccc(F)c2C#N)C1. The summed E-state index contributed by atoms with van der Waals surface area (Å²) in [7, 11) is 0. The molecule has 3 unspecified atom stereocenters. The van der Waals surface area contributed by atoms with Gasteiger partial charge in [-0.1, -0.05) is 13.0 Å². The topological polar surface area (TPSA) is 56.8 Å². The van der Waals surface area contributed by atoms with E-state index in [1.807, 2.05) is 6.07 Å². The third-order valence-electron chi connectivity index (χ3n) is 3.59. The van der Waals surface area contributed by atoms with Gasteiger partial charge >= 0.3 is 0 Å². The second kappa shape index (κ2) is 5.71. The number of rotatable bonds is 2. The molecule has 0 aromatic heterocycles. The van der Waals surface area contributed by atoms with E-state index in [1.165, 1.54) is 12.1 Å². The van der Waals surface area contributed by atoms with Gasteiger partial charge in [0.1, 0.15) is 29.3 Å². The Morgan fingerprint density at radius 3 is 2.79 bits per heavy atom. The third kappa shape index (κ3) is 2.85. The van der Waals surface area contributed by atoms with Crippen LogP contribution in [0.4, 0.5) is 4.39 Å². The first-order chi connectivity index (χ1) is 9.15. The number of nitrogens with zero attached hydrogens (tertiary/aromatic N) is 2. The Labute approximate surface area is 112 Å². The van der Waals surface area contributed by atoms with E-state index < -0.39 is 5.82 Å². The van der Waals surface area contributed by atoms with Crippen LogP contribution in [0.3, 0.4) is 0 Å². The molecular weight excluding hydrogens is 243 g/mol. The number of hydrogen-bond donors (Lipinski definition) is 0. The summed E-state index contributed by atoms with van der Waals surface area (Å²) in [5, 5.41) is 18.1. The molecule has 3 nitrogen and oxygen atoms in total. The quantitative estimate of drug-likeness (QED) is 0.816. The molecule has 0 N–H and O–H groups in total. The van der Waals surface area contributed by atoms with Gasteiger partial charge in [-0.25, -0.2) is 4.39 Å². The number of benzene rings is 1. The first kappa shape index (κ1) is 13.4. The minimum absolute atomic E-state index is 0.0857. The summed E-state index contributed by atoms with van der Waals surface area (Å²) in [5.41, 5.74) is -0.0857.